The summed E-state index contributed by atoms with van der Waals surface area (Å²) in [6, 6.07) is 12.9. The largest absolute Gasteiger partial charge is 0.496 e. The fourth-order valence-electron chi connectivity index (χ4n) is 2.43. The molecule has 0 aliphatic carbocycles. The van der Waals surface area contributed by atoms with Gasteiger partial charge in [-0.1, -0.05) is 29.4 Å². The Hall–Kier alpha value is -3.15. The number of methoxy groups -OCH3 is 1. The minimum atomic E-state index is -0.418. The fourth-order valence-corrected chi connectivity index (χ4v) is 2.43. The summed E-state index contributed by atoms with van der Waals surface area (Å²) in [5.41, 5.74) is 3.17. The summed E-state index contributed by atoms with van der Waals surface area (Å²) in [7, 11) is 1.58. The third kappa shape index (κ3) is 3.52. The van der Waals surface area contributed by atoms with Crippen LogP contribution in [0.3, 0.4) is 0 Å². The van der Waals surface area contributed by atoms with Crippen molar-refractivity contribution in [3.05, 3.63) is 65.0 Å². The van der Waals surface area contributed by atoms with Gasteiger partial charge in [0.15, 0.2) is 6.61 Å². The highest BCUT2D eigenvalue weighted by Gasteiger charge is 2.16. The molecule has 1 heterocycles. The van der Waals surface area contributed by atoms with Gasteiger partial charge in [-0.05, 0) is 43.2 Å². The first-order valence-electron chi connectivity index (χ1n) is 7.79. The van der Waals surface area contributed by atoms with E-state index in [9.17, 15) is 4.79 Å². The van der Waals surface area contributed by atoms with Crippen molar-refractivity contribution in [2.75, 3.05) is 7.11 Å². The average molecular weight is 338 g/mol. The van der Waals surface area contributed by atoms with Gasteiger partial charge in [0.2, 0.25) is 5.82 Å². The number of nitrogens with zero attached hydrogens (tertiary/aromatic N) is 2. The van der Waals surface area contributed by atoms with E-state index in [4.69, 9.17) is 14.0 Å². The van der Waals surface area contributed by atoms with E-state index in [1.54, 1.807) is 13.2 Å². The average Bonchev–Trinajstić information content (AvgIpc) is 3.10. The van der Waals surface area contributed by atoms with E-state index in [-0.39, 0.29) is 12.5 Å². The second kappa shape index (κ2) is 7.17. The Bertz CT molecular complexity index is 902. The van der Waals surface area contributed by atoms with Crippen molar-refractivity contribution in [3.8, 4) is 17.1 Å². The van der Waals surface area contributed by atoms with E-state index >= 15 is 0 Å². The molecule has 0 aliphatic rings. The fraction of sp³-hybridized carbons (Fsp3) is 0.211. The van der Waals surface area contributed by atoms with Crippen LogP contribution in [0.15, 0.2) is 47.0 Å². The summed E-state index contributed by atoms with van der Waals surface area (Å²) in [5, 5.41) is 3.92. The number of ether oxygens (including phenoxy) is 2. The number of rotatable bonds is 5. The molecule has 0 radical (unpaired) electrons. The van der Waals surface area contributed by atoms with Crippen LogP contribution < -0.4 is 4.74 Å². The van der Waals surface area contributed by atoms with Gasteiger partial charge in [0.05, 0.1) is 18.2 Å². The number of carbonyl (C=O) groups is 1. The quantitative estimate of drug-likeness (QED) is 0.660. The lowest BCUT2D eigenvalue weighted by molar-refractivity contribution is 0.0429. The van der Waals surface area contributed by atoms with Crippen LogP contribution in [-0.4, -0.2) is 23.2 Å². The molecule has 0 N–H and O–H groups in total. The Morgan fingerprint density at radius 1 is 1.12 bits per heavy atom. The van der Waals surface area contributed by atoms with E-state index < -0.39 is 5.97 Å². The number of benzene rings is 2. The molecule has 25 heavy (non-hydrogen) atoms. The molecule has 0 bridgehead atoms. The van der Waals surface area contributed by atoms with Gasteiger partial charge in [0.1, 0.15) is 5.75 Å². The van der Waals surface area contributed by atoms with Gasteiger partial charge in [-0.3, -0.25) is 0 Å². The lowest BCUT2D eigenvalue weighted by Crippen LogP contribution is -2.08. The van der Waals surface area contributed by atoms with Gasteiger partial charge in [-0.15, -0.1) is 0 Å². The van der Waals surface area contributed by atoms with Crippen molar-refractivity contribution in [1.29, 1.82) is 0 Å². The topological polar surface area (TPSA) is 74.5 Å². The highest BCUT2D eigenvalue weighted by Crippen LogP contribution is 2.27. The van der Waals surface area contributed by atoms with Crippen LogP contribution in [0.25, 0.3) is 11.4 Å². The molecule has 6 nitrogen and oxygen atoms in total. The van der Waals surface area contributed by atoms with E-state index in [1.165, 1.54) is 0 Å². The number of carbonyl (C=O) groups excluding carboxylic acids is 1. The molecule has 0 saturated carbocycles. The van der Waals surface area contributed by atoms with E-state index in [0.29, 0.717) is 22.7 Å². The third-order valence-corrected chi connectivity index (χ3v) is 3.97. The summed E-state index contributed by atoms with van der Waals surface area (Å²) in [4.78, 5) is 16.5. The zero-order chi connectivity index (χ0) is 17.8. The predicted molar refractivity (Wildman–Crippen MR) is 91.3 cm³/mol. The first kappa shape index (κ1) is 16.7. The van der Waals surface area contributed by atoms with Gasteiger partial charge in [0, 0.05) is 0 Å². The monoisotopic (exact) mass is 338 g/mol. The Balaban J connectivity index is 1.72. The van der Waals surface area contributed by atoms with Crippen LogP contribution in [0.2, 0.25) is 0 Å². The maximum Gasteiger partial charge on any atom is 0.338 e. The molecule has 0 unspecified atom stereocenters. The highest BCUT2D eigenvalue weighted by atomic mass is 16.6. The smallest absolute Gasteiger partial charge is 0.338 e. The van der Waals surface area contributed by atoms with Crippen LogP contribution >= 0.6 is 0 Å². The van der Waals surface area contributed by atoms with Crippen molar-refractivity contribution < 1.29 is 18.8 Å². The molecule has 0 spiro atoms. The van der Waals surface area contributed by atoms with Crippen molar-refractivity contribution in [3.63, 3.8) is 0 Å². The molecule has 0 aliphatic heterocycles. The summed E-state index contributed by atoms with van der Waals surface area (Å²) in [6.07, 6.45) is 0. The van der Waals surface area contributed by atoms with E-state index in [2.05, 4.69) is 10.1 Å². The Morgan fingerprint density at radius 3 is 2.72 bits per heavy atom. The van der Waals surface area contributed by atoms with Crippen LogP contribution in [0.4, 0.5) is 0 Å². The highest BCUT2D eigenvalue weighted by molar-refractivity contribution is 5.91. The minimum absolute atomic E-state index is 0.0889. The summed E-state index contributed by atoms with van der Waals surface area (Å²) >= 11 is 0. The lowest BCUT2D eigenvalue weighted by Gasteiger charge is -2.07. The van der Waals surface area contributed by atoms with Crippen LogP contribution in [-0.2, 0) is 11.3 Å². The third-order valence-electron chi connectivity index (χ3n) is 3.97. The van der Waals surface area contributed by atoms with Crippen molar-refractivity contribution >= 4 is 5.97 Å². The molecule has 0 saturated heterocycles. The van der Waals surface area contributed by atoms with E-state index in [0.717, 1.165) is 11.1 Å². The van der Waals surface area contributed by atoms with Gasteiger partial charge in [-0.25, -0.2) is 4.79 Å². The minimum Gasteiger partial charge on any atom is -0.496 e. The van der Waals surface area contributed by atoms with E-state index in [1.807, 2.05) is 50.2 Å². The summed E-state index contributed by atoms with van der Waals surface area (Å²) < 4.78 is 15.7. The number of hydrogen-bond donors (Lipinski definition) is 0. The van der Waals surface area contributed by atoms with Crippen molar-refractivity contribution in [2.45, 2.75) is 20.5 Å². The molecule has 0 fully saturated rings. The summed E-state index contributed by atoms with van der Waals surface area (Å²) in [5.74, 6) is 0.829. The molecule has 0 amide bonds. The zero-order valence-corrected chi connectivity index (χ0v) is 14.3. The van der Waals surface area contributed by atoms with Crippen molar-refractivity contribution in [1.82, 2.24) is 10.1 Å². The van der Waals surface area contributed by atoms with Crippen LogP contribution in [0, 0.1) is 13.8 Å². The standard InChI is InChI=1S/C19H18N2O4/c1-12-7-6-9-14(13(12)2)19(22)24-11-17-20-18(21-25-17)15-8-4-5-10-16(15)23-3/h4-10H,11H2,1-3H3. The molecule has 3 aromatic rings. The first-order valence-corrected chi connectivity index (χ1v) is 7.79. The Morgan fingerprint density at radius 2 is 1.92 bits per heavy atom. The second-order valence-electron chi connectivity index (χ2n) is 5.54. The van der Waals surface area contributed by atoms with Crippen LogP contribution in [0.5, 0.6) is 5.75 Å². The molecule has 128 valence electrons. The Kier molecular flexibility index (Phi) is 4.79. The number of hydrogen-bond acceptors (Lipinski definition) is 6. The zero-order valence-electron chi connectivity index (χ0n) is 14.3. The first-order chi connectivity index (χ1) is 12.1. The molecular formula is C19H18N2O4. The molecule has 6 heteroatoms. The number of aromatic nitrogens is 2. The molecule has 1 aromatic heterocycles. The maximum absolute atomic E-state index is 12.2. The van der Waals surface area contributed by atoms with Gasteiger partial charge >= 0.3 is 5.97 Å². The normalized spacial score (nSPS) is 10.5. The lowest BCUT2D eigenvalue weighted by atomic mass is 10.0. The van der Waals surface area contributed by atoms with Gasteiger partial charge < -0.3 is 14.0 Å². The van der Waals surface area contributed by atoms with Gasteiger partial charge in [-0.2, -0.15) is 4.98 Å². The Labute approximate surface area is 145 Å². The number of esters is 1. The van der Waals surface area contributed by atoms with Crippen molar-refractivity contribution in [2.24, 2.45) is 0 Å². The maximum atomic E-state index is 12.2. The molecule has 3 rings (SSSR count). The SMILES string of the molecule is COc1ccccc1-c1noc(COC(=O)c2cccc(C)c2C)n1. The predicted octanol–water partition coefficient (Wildman–Crippen LogP) is 3.72. The molecular weight excluding hydrogens is 320 g/mol. The molecule has 2 aromatic carbocycles. The van der Waals surface area contributed by atoms with Gasteiger partial charge in [0.25, 0.3) is 5.89 Å². The van der Waals surface area contributed by atoms with Crippen LogP contribution in [0.1, 0.15) is 27.4 Å². The molecule has 0 atom stereocenters. The number of aryl methyl sites for hydroxylation is 1. The summed E-state index contributed by atoms with van der Waals surface area (Å²) in [6.45, 7) is 3.75. The second-order valence-corrected chi connectivity index (χ2v) is 5.54. The number of para-hydroxylation sites is 1.